The van der Waals surface area contributed by atoms with Gasteiger partial charge in [-0.2, -0.15) is 0 Å². The lowest BCUT2D eigenvalue weighted by Crippen LogP contribution is -2.29. The molecule has 0 aromatic heterocycles. The van der Waals surface area contributed by atoms with Gasteiger partial charge in [0, 0.05) is 12.8 Å². The van der Waals surface area contributed by atoms with Gasteiger partial charge in [0.25, 0.3) is 0 Å². The number of aliphatic hydroxyl groups is 2. The lowest BCUT2D eigenvalue weighted by molar-refractivity contribution is -0.161. The number of esters is 2. The Kier molecular flexibility index (Phi) is 44.7. The van der Waals surface area contributed by atoms with Crippen LogP contribution in [0, 0.1) is 0 Å². The van der Waals surface area contributed by atoms with Crippen LogP contribution in [0.4, 0.5) is 0 Å². The summed E-state index contributed by atoms with van der Waals surface area (Å²) in [6.45, 7) is 2.42. The second-order valence-electron chi connectivity index (χ2n) is 17.2. The Labute approximate surface area is 368 Å². The lowest BCUT2D eigenvalue weighted by Gasteiger charge is -2.20. The summed E-state index contributed by atoms with van der Waals surface area (Å²) in [4.78, 5) is 35.1. The highest BCUT2D eigenvalue weighted by atomic mass is 31.2. The lowest BCUT2D eigenvalue weighted by atomic mass is 10.0. The van der Waals surface area contributed by atoms with Gasteiger partial charge in [-0.05, 0) is 38.5 Å². The Hall–Kier alpha value is -1.29. The molecule has 3 unspecified atom stereocenters. The predicted octanol–water partition coefficient (Wildman–Crippen LogP) is 14.0. The van der Waals surface area contributed by atoms with E-state index in [1.807, 2.05) is 0 Å². The molecule has 0 saturated heterocycles. The zero-order valence-electron chi connectivity index (χ0n) is 38.9. The highest BCUT2D eigenvalue weighted by Crippen LogP contribution is 2.43. The third kappa shape index (κ3) is 44.8. The summed E-state index contributed by atoms with van der Waals surface area (Å²) in [5.74, 6) is -0.919. The molecular weight excluding hydrogens is 780 g/mol. The Bertz CT molecular complexity index is 1010. The van der Waals surface area contributed by atoms with E-state index in [9.17, 15) is 24.2 Å². The standard InChI is InChI=1S/C49H95O10P/c1-3-5-7-9-11-13-15-17-19-20-21-22-23-24-25-27-28-30-32-34-36-38-40-48(52)56-44-47(45-58-60(54,55)57-43-46(51)42-50)59-49(53)41-39-37-35-33-31-29-26-18-16-14-12-10-8-6-4-2/h18,26,46-47,50-51H,3-17,19-25,27-45H2,1-2H3,(H,54,55)/b26-18-. The molecule has 60 heavy (non-hydrogen) atoms. The van der Waals surface area contributed by atoms with Crippen molar-refractivity contribution in [3.63, 3.8) is 0 Å². The van der Waals surface area contributed by atoms with Crippen LogP contribution in [0.1, 0.15) is 251 Å². The number of carbonyl (C=O) groups is 2. The van der Waals surface area contributed by atoms with Crippen LogP contribution in [0.3, 0.4) is 0 Å². The van der Waals surface area contributed by atoms with Gasteiger partial charge in [0.05, 0.1) is 19.8 Å². The predicted molar refractivity (Wildman–Crippen MR) is 247 cm³/mol. The molecule has 356 valence electrons. The molecule has 0 rings (SSSR count). The fourth-order valence-electron chi connectivity index (χ4n) is 7.28. The van der Waals surface area contributed by atoms with Gasteiger partial charge in [-0.15, -0.1) is 0 Å². The zero-order valence-corrected chi connectivity index (χ0v) is 39.8. The largest absolute Gasteiger partial charge is 0.472 e. The minimum Gasteiger partial charge on any atom is -0.462 e. The number of ether oxygens (including phenoxy) is 2. The van der Waals surface area contributed by atoms with Crippen molar-refractivity contribution in [1.82, 2.24) is 0 Å². The number of unbranched alkanes of at least 4 members (excludes halogenated alkanes) is 32. The van der Waals surface area contributed by atoms with E-state index in [-0.39, 0.29) is 19.4 Å². The normalized spacial score (nSPS) is 13.8. The number of hydrogen-bond donors (Lipinski definition) is 3. The number of phosphoric acid groups is 1. The Morgan fingerprint density at radius 1 is 0.483 bits per heavy atom. The van der Waals surface area contributed by atoms with Crippen LogP contribution in [0.25, 0.3) is 0 Å². The van der Waals surface area contributed by atoms with Crippen LogP contribution >= 0.6 is 7.82 Å². The van der Waals surface area contributed by atoms with Crippen molar-refractivity contribution < 1.29 is 47.8 Å². The minimum absolute atomic E-state index is 0.179. The first-order valence-corrected chi connectivity index (χ1v) is 26.6. The van der Waals surface area contributed by atoms with Gasteiger partial charge in [0.15, 0.2) is 6.10 Å². The van der Waals surface area contributed by atoms with Crippen molar-refractivity contribution in [3.05, 3.63) is 12.2 Å². The van der Waals surface area contributed by atoms with Crippen molar-refractivity contribution >= 4 is 19.8 Å². The quantitative estimate of drug-likeness (QED) is 0.0233. The van der Waals surface area contributed by atoms with Gasteiger partial charge in [-0.1, -0.05) is 212 Å². The second kappa shape index (κ2) is 45.7. The molecule has 0 aliphatic heterocycles. The smallest absolute Gasteiger partial charge is 0.462 e. The molecule has 3 atom stereocenters. The van der Waals surface area contributed by atoms with E-state index in [1.165, 1.54) is 161 Å². The molecule has 11 heteroatoms. The fraction of sp³-hybridized carbons (Fsp3) is 0.918. The van der Waals surface area contributed by atoms with Crippen molar-refractivity contribution in [2.75, 3.05) is 26.4 Å². The SMILES string of the molecule is CCCCCCCC/C=C\CCCCCCCC(=O)OC(COC(=O)CCCCCCCCCCCCCCCCCCCCCCCC)COP(=O)(O)OCC(O)CO. The van der Waals surface area contributed by atoms with E-state index in [1.54, 1.807) is 0 Å². The van der Waals surface area contributed by atoms with Crippen LogP contribution in [0.15, 0.2) is 12.2 Å². The first kappa shape index (κ1) is 58.7. The summed E-state index contributed by atoms with van der Waals surface area (Å²) < 4.78 is 32.8. The Morgan fingerprint density at radius 3 is 1.20 bits per heavy atom. The van der Waals surface area contributed by atoms with Crippen LogP contribution in [-0.4, -0.2) is 65.7 Å². The first-order chi connectivity index (χ1) is 29.2. The average Bonchev–Trinajstić information content (AvgIpc) is 3.24. The second-order valence-corrected chi connectivity index (χ2v) is 18.7. The van der Waals surface area contributed by atoms with Gasteiger partial charge < -0.3 is 24.6 Å². The number of carbonyl (C=O) groups excluding carboxylic acids is 2. The molecule has 0 amide bonds. The maximum atomic E-state index is 12.6. The van der Waals surface area contributed by atoms with E-state index in [4.69, 9.17) is 23.6 Å². The van der Waals surface area contributed by atoms with Crippen LogP contribution in [0.2, 0.25) is 0 Å². The van der Waals surface area contributed by atoms with E-state index in [2.05, 4.69) is 26.0 Å². The van der Waals surface area contributed by atoms with E-state index >= 15 is 0 Å². The molecule has 0 spiro atoms. The summed E-state index contributed by atoms with van der Waals surface area (Å²) in [7, 11) is -4.62. The van der Waals surface area contributed by atoms with E-state index in [0.717, 1.165) is 51.4 Å². The van der Waals surface area contributed by atoms with Crippen molar-refractivity contribution in [2.24, 2.45) is 0 Å². The summed E-state index contributed by atoms with van der Waals surface area (Å²) in [6, 6.07) is 0. The van der Waals surface area contributed by atoms with E-state index in [0.29, 0.717) is 12.8 Å². The molecule has 0 aromatic rings. The van der Waals surface area contributed by atoms with Gasteiger partial charge in [-0.3, -0.25) is 18.6 Å². The fourth-order valence-corrected chi connectivity index (χ4v) is 8.07. The number of allylic oxidation sites excluding steroid dienone is 2. The highest BCUT2D eigenvalue weighted by molar-refractivity contribution is 7.47. The van der Waals surface area contributed by atoms with Crippen LogP contribution < -0.4 is 0 Å². The molecule has 0 aliphatic carbocycles. The highest BCUT2D eigenvalue weighted by Gasteiger charge is 2.27. The zero-order chi connectivity index (χ0) is 44.0. The maximum Gasteiger partial charge on any atom is 0.472 e. The summed E-state index contributed by atoms with van der Waals surface area (Å²) in [6.07, 6.45) is 46.1. The minimum atomic E-state index is -4.62. The summed E-state index contributed by atoms with van der Waals surface area (Å²) in [5, 5.41) is 18.4. The third-order valence-corrected chi connectivity index (χ3v) is 12.1. The van der Waals surface area contributed by atoms with Crippen LogP contribution in [-0.2, 0) is 32.7 Å². The molecule has 0 radical (unpaired) electrons. The van der Waals surface area contributed by atoms with Crippen molar-refractivity contribution in [1.29, 1.82) is 0 Å². The Balaban J connectivity index is 4.13. The molecule has 0 saturated carbocycles. The van der Waals surface area contributed by atoms with Crippen molar-refractivity contribution in [2.45, 2.75) is 264 Å². The molecule has 0 aromatic carbocycles. The Morgan fingerprint density at radius 2 is 0.817 bits per heavy atom. The molecule has 0 aliphatic rings. The van der Waals surface area contributed by atoms with Crippen molar-refractivity contribution in [3.8, 4) is 0 Å². The van der Waals surface area contributed by atoms with Crippen LogP contribution in [0.5, 0.6) is 0 Å². The molecular formula is C49H95O10P. The summed E-state index contributed by atoms with van der Waals surface area (Å²) >= 11 is 0. The van der Waals surface area contributed by atoms with Gasteiger partial charge in [0.2, 0.25) is 0 Å². The molecule has 0 fully saturated rings. The topological polar surface area (TPSA) is 149 Å². The first-order valence-electron chi connectivity index (χ1n) is 25.1. The third-order valence-electron chi connectivity index (χ3n) is 11.2. The average molecular weight is 875 g/mol. The number of aliphatic hydroxyl groups excluding tert-OH is 2. The number of rotatable bonds is 48. The monoisotopic (exact) mass is 875 g/mol. The van der Waals surface area contributed by atoms with Gasteiger partial charge in [0.1, 0.15) is 12.7 Å². The van der Waals surface area contributed by atoms with Gasteiger partial charge >= 0.3 is 19.8 Å². The van der Waals surface area contributed by atoms with E-state index < -0.39 is 51.8 Å². The maximum absolute atomic E-state index is 12.6. The summed E-state index contributed by atoms with van der Waals surface area (Å²) in [5.41, 5.74) is 0. The number of phosphoric ester groups is 1. The molecule has 3 N–H and O–H groups in total. The molecule has 10 nitrogen and oxygen atoms in total. The molecule has 0 heterocycles. The number of hydrogen-bond acceptors (Lipinski definition) is 9. The molecule has 0 bridgehead atoms. The van der Waals surface area contributed by atoms with Gasteiger partial charge in [-0.25, -0.2) is 4.57 Å².